The minimum absolute atomic E-state index is 0.0418. The lowest BCUT2D eigenvalue weighted by Gasteiger charge is -2.17. The fourth-order valence-corrected chi connectivity index (χ4v) is 1.87. The van der Waals surface area contributed by atoms with Crippen molar-refractivity contribution in [3.05, 3.63) is 23.9 Å². The molecule has 1 N–H and O–H groups in total. The topological polar surface area (TPSA) is 43.4 Å². The van der Waals surface area contributed by atoms with E-state index >= 15 is 0 Å². The molecule has 2 heterocycles. The quantitative estimate of drug-likeness (QED) is 0.905. The monoisotopic (exact) mass is 290 g/mol. The highest BCUT2D eigenvalue weighted by Crippen LogP contribution is 2.28. The second-order valence-electron chi connectivity index (χ2n) is 4.79. The zero-order chi connectivity index (χ0) is 14.6. The van der Waals surface area contributed by atoms with E-state index in [0.29, 0.717) is 25.6 Å². The highest BCUT2D eigenvalue weighted by Gasteiger charge is 2.30. The molecule has 2 atom stereocenters. The summed E-state index contributed by atoms with van der Waals surface area (Å²) in [4.78, 5) is 3.75. The van der Waals surface area contributed by atoms with Crippen molar-refractivity contribution in [1.82, 2.24) is 4.98 Å². The molecule has 2 rings (SSSR count). The third-order valence-electron chi connectivity index (χ3n) is 2.95. The Morgan fingerprint density at radius 2 is 2.30 bits per heavy atom. The van der Waals surface area contributed by atoms with Gasteiger partial charge in [0.1, 0.15) is 5.82 Å². The molecule has 1 fully saturated rings. The van der Waals surface area contributed by atoms with Crippen LogP contribution >= 0.6 is 0 Å². The fourth-order valence-electron chi connectivity index (χ4n) is 1.87. The van der Waals surface area contributed by atoms with Crippen LogP contribution in [0.25, 0.3) is 0 Å². The van der Waals surface area contributed by atoms with Crippen molar-refractivity contribution >= 4 is 5.82 Å². The maximum atomic E-state index is 12.4. The molecule has 0 saturated carbocycles. The normalized spacial score (nSPS) is 20.9. The number of rotatable bonds is 5. The van der Waals surface area contributed by atoms with E-state index in [2.05, 4.69) is 10.3 Å². The van der Waals surface area contributed by atoms with Gasteiger partial charge in [-0.15, -0.1) is 0 Å². The Balaban J connectivity index is 1.80. The van der Waals surface area contributed by atoms with Gasteiger partial charge in [0.25, 0.3) is 0 Å². The highest BCUT2D eigenvalue weighted by atomic mass is 19.4. The first-order valence-corrected chi connectivity index (χ1v) is 6.44. The van der Waals surface area contributed by atoms with Crippen LogP contribution in [0.3, 0.4) is 0 Å². The Morgan fingerprint density at radius 3 is 2.85 bits per heavy atom. The van der Waals surface area contributed by atoms with Crippen LogP contribution in [-0.4, -0.2) is 37.0 Å². The molecule has 7 heteroatoms. The lowest BCUT2D eigenvalue weighted by molar-refractivity contribution is -0.137. The molecule has 0 aliphatic carbocycles. The van der Waals surface area contributed by atoms with Gasteiger partial charge in [-0.2, -0.15) is 13.2 Å². The van der Waals surface area contributed by atoms with E-state index < -0.39 is 11.7 Å². The van der Waals surface area contributed by atoms with Crippen LogP contribution in [0.2, 0.25) is 0 Å². The number of aromatic nitrogens is 1. The van der Waals surface area contributed by atoms with Gasteiger partial charge in [-0.05, 0) is 25.5 Å². The zero-order valence-corrected chi connectivity index (χ0v) is 11.1. The van der Waals surface area contributed by atoms with Gasteiger partial charge in [-0.3, -0.25) is 0 Å². The van der Waals surface area contributed by atoms with E-state index in [-0.39, 0.29) is 12.1 Å². The van der Waals surface area contributed by atoms with Gasteiger partial charge in [-0.25, -0.2) is 4.98 Å². The lowest BCUT2D eigenvalue weighted by atomic mass is 10.2. The van der Waals surface area contributed by atoms with Crippen LogP contribution in [0.4, 0.5) is 19.0 Å². The summed E-state index contributed by atoms with van der Waals surface area (Å²) in [5, 5.41) is 3.00. The van der Waals surface area contributed by atoms with Crippen molar-refractivity contribution in [2.45, 2.75) is 31.7 Å². The average molecular weight is 290 g/mol. The summed E-state index contributed by atoms with van der Waals surface area (Å²) < 4.78 is 48.0. The molecule has 20 heavy (non-hydrogen) atoms. The predicted molar refractivity (Wildman–Crippen MR) is 67.5 cm³/mol. The average Bonchev–Trinajstić information content (AvgIpc) is 2.89. The Morgan fingerprint density at radius 1 is 1.50 bits per heavy atom. The molecule has 0 radical (unpaired) electrons. The first kappa shape index (κ1) is 15.1. The van der Waals surface area contributed by atoms with Crippen LogP contribution in [0.5, 0.6) is 0 Å². The number of nitrogens with one attached hydrogen (secondary N) is 1. The maximum absolute atomic E-state index is 12.4. The van der Waals surface area contributed by atoms with E-state index in [4.69, 9.17) is 9.47 Å². The first-order valence-electron chi connectivity index (χ1n) is 6.44. The molecule has 1 aliphatic rings. The molecule has 0 bridgehead atoms. The zero-order valence-electron chi connectivity index (χ0n) is 11.1. The van der Waals surface area contributed by atoms with Crippen LogP contribution in [0, 0.1) is 0 Å². The summed E-state index contributed by atoms with van der Waals surface area (Å²) in [5.41, 5.74) is -0.755. The Hall–Kier alpha value is -1.34. The first-order chi connectivity index (χ1) is 9.45. The van der Waals surface area contributed by atoms with E-state index in [1.807, 2.05) is 6.92 Å². The summed E-state index contributed by atoms with van der Waals surface area (Å²) in [7, 11) is 0. The predicted octanol–water partition coefficient (Wildman–Crippen LogP) is 2.71. The summed E-state index contributed by atoms with van der Waals surface area (Å²) in [6, 6.07) is 2.28. The van der Waals surface area contributed by atoms with Crippen molar-refractivity contribution in [3.8, 4) is 0 Å². The van der Waals surface area contributed by atoms with E-state index in [1.54, 1.807) is 0 Å². The van der Waals surface area contributed by atoms with Crippen molar-refractivity contribution in [2.75, 3.05) is 25.1 Å². The second-order valence-corrected chi connectivity index (χ2v) is 4.79. The van der Waals surface area contributed by atoms with E-state index in [1.165, 1.54) is 6.07 Å². The number of hydrogen-bond donors (Lipinski definition) is 1. The van der Waals surface area contributed by atoms with Gasteiger partial charge in [0.05, 0.1) is 24.9 Å². The van der Waals surface area contributed by atoms with Crippen molar-refractivity contribution < 1.29 is 22.6 Å². The second kappa shape index (κ2) is 6.41. The summed E-state index contributed by atoms with van der Waals surface area (Å²) in [6.45, 7) is 3.66. The number of halogens is 3. The highest BCUT2D eigenvalue weighted by molar-refractivity contribution is 5.37. The molecule has 4 nitrogen and oxygen atoms in total. The van der Waals surface area contributed by atoms with E-state index in [9.17, 15) is 13.2 Å². The molecule has 1 aromatic heterocycles. The van der Waals surface area contributed by atoms with Gasteiger partial charge in [0.15, 0.2) is 0 Å². The van der Waals surface area contributed by atoms with Gasteiger partial charge in [-0.1, -0.05) is 0 Å². The SMILES string of the molecule is CC(COC1CCOC1)Nc1ccc(C(F)(F)F)cn1. The van der Waals surface area contributed by atoms with Gasteiger partial charge < -0.3 is 14.8 Å². The van der Waals surface area contributed by atoms with Gasteiger partial charge >= 0.3 is 6.18 Å². The van der Waals surface area contributed by atoms with Gasteiger partial charge in [0.2, 0.25) is 0 Å². The smallest absolute Gasteiger partial charge is 0.379 e. The third-order valence-corrected chi connectivity index (χ3v) is 2.95. The van der Waals surface area contributed by atoms with Crippen LogP contribution in [0.1, 0.15) is 18.9 Å². The number of nitrogens with zero attached hydrogens (tertiary/aromatic N) is 1. The molecule has 1 aliphatic heterocycles. The standard InChI is InChI=1S/C13H17F3N2O2/c1-9(7-20-11-4-5-19-8-11)18-12-3-2-10(6-17-12)13(14,15)16/h2-3,6,9,11H,4-5,7-8H2,1H3,(H,17,18). The van der Waals surface area contributed by atoms with E-state index in [0.717, 1.165) is 18.7 Å². The Bertz CT molecular complexity index is 417. The fraction of sp³-hybridized carbons (Fsp3) is 0.615. The largest absolute Gasteiger partial charge is 0.417 e. The number of pyridine rings is 1. The number of alkyl halides is 3. The molecule has 2 unspecified atom stereocenters. The third kappa shape index (κ3) is 4.35. The molecular formula is C13H17F3N2O2. The van der Waals surface area contributed by atoms with Crippen LogP contribution < -0.4 is 5.32 Å². The minimum Gasteiger partial charge on any atom is -0.379 e. The Labute approximate surface area is 115 Å². The molecule has 1 aromatic rings. The number of anilines is 1. The van der Waals surface area contributed by atoms with Crippen LogP contribution in [-0.2, 0) is 15.7 Å². The Kier molecular flexibility index (Phi) is 4.82. The number of ether oxygens (including phenoxy) is 2. The molecule has 112 valence electrons. The summed E-state index contributed by atoms with van der Waals surface area (Å²) in [5.74, 6) is 0.400. The molecule has 0 spiro atoms. The number of hydrogen-bond acceptors (Lipinski definition) is 4. The van der Waals surface area contributed by atoms with Crippen molar-refractivity contribution in [3.63, 3.8) is 0 Å². The van der Waals surface area contributed by atoms with Crippen molar-refractivity contribution in [2.24, 2.45) is 0 Å². The summed E-state index contributed by atoms with van der Waals surface area (Å²) >= 11 is 0. The lowest BCUT2D eigenvalue weighted by Crippen LogP contribution is -2.26. The minimum atomic E-state index is -4.36. The molecular weight excluding hydrogens is 273 g/mol. The van der Waals surface area contributed by atoms with Gasteiger partial charge in [0, 0.05) is 18.8 Å². The molecule has 0 aromatic carbocycles. The maximum Gasteiger partial charge on any atom is 0.417 e. The molecule has 1 saturated heterocycles. The summed E-state index contributed by atoms with van der Waals surface area (Å²) in [6.07, 6.45) is -2.55. The molecule has 0 amide bonds. The van der Waals surface area contributed by atoms with Crippen molar-refractivity contribution in [1.29, 1.82) is 0 Å². The van der Waals surface area contributed by atoms with Crippen LogP contribution in [0.15, 0.2) is 18.3 Å².